The number of hydrogen-bond donors (Lipinski definition) is 0. The van der Waals surface area contributed by atoms with E-state index in [9.17, 15) is 0 Å². The Morgan fingerprint density at radius 1 is 0.583 bits per heavy atom. The largest absolute Gasteiger partial charge is 0.434 e. The molecule has 0 saturated heterocycles. The molecule has 0 fully saturated rings. The highest BCUT2D eigenvalue weighted by molar-refractivity contribution is 7.22. The van der Waals surface area contributed by atoms with E-state index in [1.54, 1.807) is 0 Å². The van der Waals surface area contributed by atoms with Crippen LogP contribution in [0.1, 0.15) is 0 Å². The molecule has 0 saturated carbocycles. The van der Waals surface area contributed by atoms with Gasteiger partial charge >= 0.3 is 0 Å². The molecule has 0 spiro atoms. The molecular formula is C20H21ClOSi2. The minimum Gasteiger partial charge on any atom is -0.434 e. The van der Waals surface area contributed by atoms with E-state index in [2.05, 4.69) is 72.8 Å². The van der Waals surface area contributed by atoms with Crippen molar-refractivity contribution in [3.8, 4) is 0 Å². The maximum atomic E-state index is 6.83. The van der Waals surface area contributed by atoms with Crippen LogP contribution in [0.15, 0.2) is 91.0 Å². The molecule has 4 heteroatoms. The summed E-state index contributed by atoms with van der Waals surface area (Å²) >= 11 is 6.72. The summed E-state index contributed by atoms with van der Waals surface area (Å²) in [7, 11) is -4.94. The Hall–Kier alpha value is -1.66. The molecule has 0 amide bonds. The fourth-order valence-corrected chi connectivity index (χ4v) is 11.4. The van der Waals surface area contributed by atoms with Gasteiger partial charge in [-0.05, 0) is 28.7 Å². The maximum absolute atomic E-state index is 6.83. The Bertz CT molecular complexity index is 674. The Labute approximate surface area is 150 Å². The third kappa shape index (κ3) is 3.54. The van der Waals surface area contributed by atoms with Gasteiger partial charge in [0.25, 0.3) is 15.9 Å². The highest BCUT2D eigenvalue weighted by atomic mass is 35.6. The molecule has 0 aliphatic rings. The lowest BCUT2D eigenvalue weighted by Crippen LogP contribution is -2.71. The third-order valence-electron chi connectivity index (χ3n) is 3.94. The van der Waals surface area contributed by atoms with E-state index in [-0.39, 0.29) is 0 Å². The van der Waals surface area contributed by atoms with Crippen LogP contribution in [0, 0.1) is 0 Å². The van der Waals surface area contributed by atoms with E-state index in [0.717, 1.165) is 0 Å². The average molecular weight is 369 g/mol. The van der Waals surface area contributed by atoms with Gasteiger partial charge in [-0.3, -0.25) is 0 Å². The van der Waals surface area contributed by atoms with Gasteiger partial charge in [0.1, 0.15) is 0 Å². The van der Waals surface area contributed by atoms with Crippen LogP contribution in [0.2, 0.25) is 13.1 Å². The fraction of sp³-hybridized carbons (Fsp3) is 0.100. The van der Waals surface area contributed by atoms with Gasteiger partial charge < -0.3 is 4.12 Å². The first kappa shape index (κ1) is 17.2. The molecule has 0 radical (unpaired) electrons. The van der Waals surface area contributed by atoms with Gasteiger partial charge in [0.2, 0.25) is 0 Å². The predicted octanol–water partition coefficient (Wildman–Crippen LogP) is 3.61. The van der Waals surface area contributed by atoms with Gasteiger partial charge in [-0.2, -0.15) is 0 Å². The molecule has 1 nitrogen and oxygen atoms in total. The summed E-state index contributed by atoms with van der Waals surface area (Å²) in [5, 5.41) is 3.68. The van der Waals surface area contributed by atoms with Crippen molar-refractivity contribution in [3.63, 3.8) is 0 Å². The van der Waals surface area contributed by atoms with Gasteiger partial charge in [-0.25, -0.2) is 0 Å². The molecule has 3 aromatic carbocycles. The van der Waals surface area contributed by atoms with Crippen molar-refractivity contribution in [1.29, 1.82) is 0 Å². The summed E-state index contributed by atoms with van der Waals surface area (Å²) in [6.07, 6.45) is 0. The van der Waals surface area contributed by atoms with Crippen molar-refractivity contribution in [2.45, 2.75) is 13.1 Å². The van der Waals surface area contributed by atoms with Gasteiger partial charge in [0.05, 0.1) is 0 Å². The lowest BCUT2D eigenvalue weighted by Gasteiger charge is -2.37. The fourth-order valence-electron chi connectivity index (χ4n) is 3.06. The van der Waals surface area contributed by atoms with Crippen molar-refractivity contribution in [2.24, 2.45) is 0 Å². The van der Waals surface area contributed by atoms with Crippen molar-refractivity contribution < 1.29 is 4.12 Å². The lowest BCUT2D eigenvalue weighted by molar-refractivity contribution is 0.595. The summed E-state index contributed by atoms with van der Waals surface area (Å²) in [6.45, 7) is 4.09. The summed E-state index contributed by atoms with van der Waals surface area (Å²) in [6, 6.07) is 31.6. The zero-order valence-electron chi connectivity index (χ0n) is 13.9. The normalized spacial score (nSPS) is 12.1. The molecule has 122 valence electrons. The molecule has 3 aromatic rings. The van der Waals surface area contributed by atoms with E-state index in [0.29, 0.717) is 0 Å². The molecule has 0 atom stereocenters. The van der Waals surface area contributed by atoms with Crippen LogP contribution in [-0.2, 0) is 4.12 Å². The van der Waals surface area contributed by atoms with Crippen LogP contribution in [0.4, 0.5) is 0 Å². The van der Waals surface area contributed by atoms with Crippen LogP contribution in [0.5, 0.6) is 0 Å². The summed E-state index contributed by atoms with van der Waals surface area (Å²) in [5.74, 6) is 0. The lowest BCUT2D eigenvalue weighted by atomic mass is 10.3. The van der Waals surface area contributed by atoms with E-state index in [4.69, 9.17) is 15.2 Å². The van der Waals surface area contributed by atoms with E-state index in [1.807, 2.05) is 31.3 Å². The highest BCUT2D eigenvalue weighted by Crippen LogP contribution is 2.19. The van der Waals surface area contributed by atoms with Crippen molar-refractivity contribution >= 4 is 42.6 Å². The zero-order valence-corrected chi connectivity index (χ0v) is 16.7. The third-order valence-corrected chi connectivity index (χ3v) is 11.2. The first-order valence-electron chi connectivity index (χ1n) is 8.08. The molecule has 0 heterocycles. The Balaban J connectivity index is 2.33. The number of halogens is 1. The van der Waals surface area contributed by atoms with Crippen LogP contribution >= 0.6 is 11.1 Å². The van der Waals surface area contributed by atoms with Gasteiger partial charge in [0, 0.05) is 0 Å². The summed E-state index contributed by atoms with van der Waals surface area (Å²) < 4.78 is 6.83. The van der Waals surface area contributed by atoms with Crippen LogP contribution < -0.4 is 15.6 Å². The van der Waals surface area contributed by atoms with Gasteiger partial charge in [-0.15, -0.1) is 11.1 Å². The topological polar surface area (TPSA) is 9.23 Å². The van der Waals surface area contributed by atoms with E-state index in [1.165, 1.54) is 15.6 Å². The number of rotatable bonds is 5. The minimum absolute atomic E-state index is 1.23. The van der Waals surface area contributed by atoms with E-state index < -0.39 is 15.9 Å². The Morgan fingerprint density at radius 3 is 1.12 bits per heavy atom. The molecule has 0 unspecified atom stereocenters. The van der Waals surface area contributed by atoms with Crippen LogP contribution in [-0.4, -0.2) is 15.9 Å². The SMILES string of the molecule is C[Si](C)(Cl)O[Si](c1ccccc1)(c1ccccc1)c1ccccc1. The molecule has 3 rings (SSSR count). The number of benzene rings is 3. The van der Waals surface area contributed by atoms with Crippen molar-refractivity contribution in [2.75, 3.05) is 0 Å². The quantitative estimate of drug-likeness (QED) is 0.380. The molecule has 0 aliphatic carbocycles. The molecular weight excluding hydrogens is 348 g/mol. The second-order valence-electron chi connectivity index (χ2n) is 6.24. The standard InChI is InChI=1S/C20H21ClOSi2/c1-23(2,21)22-24(18-12-6-3-7-13-18,19-14-8-4-9-15-19)20-16-10-5-11-17-20/h3-17H,1-2H3. The van der Waals surface area contributed by atoms with Crippen LogP contribution in [0.3, 0.4) is 0 Å². The van der Waals surface area contributed by atoms with Crippen LogP contribution in [0.25, 0.3) is 0 Å². The summed E-state index contributed by atoms with van der Waals surface area (Å²) in [5.41, 5.74) is 0. The maximum Gasteiger partial charge on any atom is 0.278 e. The van der Waals surface area contributed by atoms with Gasteiger partial charge in [0.15, 0.2) is 0 Å². The van der Waals surface area contributed by atoms with E-state index >= 15 is 0 Å². The highest BCUT2D eigenvalue weighted by Gasteiger charge is 2.45. The summed E-state index contributed by atoms with van der Waals surface area (Å²) in [4.78, 5) is 0. The average Bonchev–Trinajstić information content (AvgIpc) is 2.61. The molecule has 0 aromatic heterocycles. The first-order valence-corrected chi connectivity index (χ1v) is 13.9. The molecule has 0 aliphatic heterocycles. The van der Waals surface area contributed by atoms with Crippen molar-refractivity contribution in [3.05, 3.63) is 91.0 Å². The Morgan fingerprint density at radius 2 is 0.875 bits per heavy atom. The molecule has 0 N–H and O–H groups in total. The van der Waals surface area contributed by atoms with Crippen molar-refractivity contribution in [1.82, 2.24) is 0 Å². The smallest absolute Gasteiger partial charge is 0.278 e. The van der Waals surface area contributed by atoms with Gasteiger partial charge in [-0.1, -0.05) is 91.0 Å². The Kier molecular flexibility index (Phi) is 5.06. The zero-order chi connectivity index (χ0) is 17.0. The molecule has 24 heavy (non-hydrogen) atoms. The second-order valence-corrected chi connectivity index (χ2v) is 15.6. The first-order chi connectivity index (χ1) is 11.5. The monoisotopic (exact) mass is 368 g/mol. The number of hydrogen-bond acceptors (Lipinski definition) is 1. The predicted molar refractivity (Wildman–Crippen MR) is 108 cm³/mol. The minimum atomic E-state index is -2.63. The molecule has 0 bridgehead atoms. The second kappa shape index (κ2) is 7.07.